The number of hydrogen-bond acceptors (Lipinski definition) is 4. The number of ether oxygens (including phenoxy) is 2. The lowest BCUT2D eigenvalue weighted by molar-refractivity contribution is -0.124. The maximum atomic E-state index is 12.1. The second-order valence-electron chi connectivity index (χ2n) is 5.84. The van der Waals surface area contributed by atoms with E-state index in [4.69, 9.17) is 9.47 Å². The molecule has 2 atom stereocenters. The van der Waals surface area contributed by atoms with E-state index in [1.807, 2.05) is 37.3 Å². The summed E-state index contributed by atoms with van der Waals surface area (Å²) in [5.41, 5.74) is 1.03. The van der Waals surface area contributed by atoms with Crippen LogP contribution in [0, 0.1) is 5.92 Å². The van der Waals surface area contributed by atoms with Gasteiger partial charge in [-0.15, -0.1) is 12.4 Å². The average molecular weight is 355 g/mol. The van der Waals surface area contributed by atoms with E-state index in [2.05, 4.69) is 17.6 Å². The fourth-order valence-corrected chi connectivity index (χ4v) is 2.67. The summed E-state index contributed by atoms with van der Waals surface area (Å²) in [4.78, 5) is 12.1. The summed E-state index contributed by atoms with van der Waals surface area (Å²) < 4.78 is 10.9. The fourth-order valence-electron chi connectivity index (χ4n) is 2.67. The first kappa shape index (κ1) is 20.3. The maximum absolute atomic E-state index is 12.1. The van der Waals surface area contributed by atoms with Crippen LogP contribution in [-0.4, -0.2) is 38.8 Å². The van der Waals surface area contributed by atoms with Crippen molar-refractivity contribution in [3.63, 3.8) is 0 Å². The molecule has 2 N–H and O–H groups in total. The molecule has 1 aliphatic rings. The van der Waals surface area contributed by atoms with E-state index in [1.165, 1.54) is 0 Å². The summed E-state index contributed by atoms with van der Waals surface area (Å²) in [6, 6.07) is 5.81. The minimum absolute atomic E-state index is 0. The lowest BCUT2D eigenvalue weighted by Crippen LogP contribution is -2.51. The lowest BCUT2D eigenvalue weighted by atomic mass is 9.95. The molecular weight excluding hydrogens is 328 g/mol. The molecule has 1 fully saturated rings. The number of piperidine rings is 1. The van der Waals surface area contributed by atoms with Crippen molar-refractivity contribution >= 4 is 24.4 Å². The summed E-state index contributed by atoms with van der Waals surface area (Å²) in [6.45, 7) is 5.94. The van der Waals surface area contributed by atoms with Crippen LogP contribution in [0.4, 0.5) is 0 Å². The van der Waals surface area contributed by atoms with Crippen LogP contribution in [0.1, 0.15) is 25.8 Å². The predicted octanol–water partition coefficient (Wildman–Crippen LogP) is 2.64. The van der Waals surface area contributed by atoms with Crippen molar-refractivity contribution in [1.29, 1.82) is 0 Å². The van der Waals surface area contributed by atoms with Crippen LogP contribution in [0.2, 0.25) is 0 Å². The van der Waals surface area contributed by atoms with Gasteiger partial charge in [-0.1, -0.05) is 25.1 Å². The molecule has 0 bridgehead atoms. The van der Waals surface area contributed by atoms with Crippen molar-refractivity contribution in [2.75, 3.05) is 26.8 Å². The molecule has 0 aromatic heterocycles. The topological polar surface area (TPSA) is 59.6 Å². The largest absolute Gasteiger partial charge is 0.493 e. The highest BCUT2D eigenvalue weighted by molar-refractivity contribution is 5.85. The first-order chi connectivity index (χ1) is 11.1. The quantitative estimate of drug-likeness (QED) is 0.824. The Morgan fingerprint density at radius 1 is 1.42 bits per heavy atom. The number of carbonyl (C=O) groups excluding carboxylic acids is 1. The number of allylic oxidation sites excluding steroid dienone is 1. The van der Waals surface area contributed by atoms with E-state index in [9.17, 15) is 4.79 Å². The summed E-state index contributed by atoms with van der Waals surface area (Å²) in [7, 11) is 1.59. The van der Waals surface area contributed by atoms with Gasteiger partial charge in [0.05, 0.1) is 7.11 Å². The molecule has 0 spiro atoms. The Labute approximate surface area is 150 Å². The Morgan fingerprint density at radius 2 is 2.21 bits per heavy atom. The summed E-state index contributed by atoms with van der Waals surface area (Å²) >= 11 is 0. The highest BCUT2D eigenvalue weighted by Crippen LogP contribution is 2.28. The minimum atomic E-state index is -0.106. The number of nitrogens with one attached hydrogen (secondary N) is 2. The third kappa shape index (κ3) is 5.73. The van der Waals surface area contributed by atoms with Crippen LogP contribution in [0.25, 0.3) is 6.08 Å². The molecule has 1 aromatic carbocycles. The van der Waals surface area contributed by atoms with Crippen molar-refractivity contribution in [3.05, 3.63) is 29.8 Å². The maximum Gasteiger partial charge on any atom is 0.258 e. The van der Waals surface area contributed by atoms with E-state index in [0.29, 0.717) is 17.4 Å². The van der Waals surface area contributed by atoms with Crippen LogP contribution in [0.5, 0.6) is 11.5 Å². The van der Waals surface area contributed by atoms with Crippen molar-refractivity contribution in [3.8, 4) is 11.5 Å². The van der Waals surface area contributed by atoms with Crippen molar-refractivity contribution in [2.45, 2.75) is 26.3 Å². The van der Waals surface area contributed by atoms with Crippen LogP contribution in [0.3, 0.4) is 0 Å². The van der Waals surface area contributed by atoms with Crippen LogP contribution in [-0.2, 0) is 4.79 Å². The summed E-state index contributed by atoms with van der Waals surface area (Å²) in [5, 5.41) is 6.33. The number of amides is 1. The number of halogens is 1. The van der Waals surface area contributed by atoms with Gasteiger partial charge in [-0.05, 0) is 43.5 Å². The Kier molecular flexibility index (Phi) is 8.65. The van der Waals surface area contributed by atoms with Gasteiger partial charge in [0.25, 0.3) is 5.91 Å². The van der Waals surface area contributed by atoms with Gasteiger partial charge in [0.15, 0.2) is 18.1 Å². The average Bonchev–Trinajstić information content (AvgIpc) is 2.56. The molecule has 1 saturated heterocycles. The first-order valence-corrected chi connectivity index (χ1v) is 8.07. The smallest absolute Gasteiger partial charge is 0.258 e. The molecule has 0 aliphatic carbocycles. The zero-order valence-corrected chi connectivity index (χ0v) is 15.3. The van der Waals surface area contributed by atoms with Gasteiger partial charge < -0.3 is 20.1 Å². The highest BCUT2D eigenvalue weighted by atomic mass is 35.5. The van der Waals surface area contributed by atoms with Gasteiger partial charge >= 0.3 is 0 Å². The lowest BCUT2D eigenvalue weighted by Gasteiger charge is -2.30. The summed E-state index contributed by atoms with van der Waals surface area (Å²) in [6.07, 6.45) is 5.02. The second kappa shape index (κ2) is 10.2. The zero-order chi connectivity index (χ0) is 16.7. The van der Waals surface area contributed by atoms with E-state index in [0.717, 1.165) is 25.1 Å². The van der Waals surface area contributed by atoms with Crippen molar-refractivity contribution in [1.82, 2.24) is 10.6 Å². The Balaban J connectivity index is 0.00000288. The second-order valence-corrected chi connectivity index (χ2v) is 5.84. The Morgan fingerprint density at radius 3 is 2.88 bits per heavy atom. The molecule has 134 valence electrons. The monoisotopic (exact) mass is 354 g/mol. The van der Waals surface area contributed by atoms with Gasteiger partial charge in [-0.2, -0.15) is 0 Å². The number of methoxy groups -OCH3 is 1. The number of benzene rings is 1. The molecule has 24 heavy (non-hydrogen) atoms. The zero-order valence-electron chi connectivity index (χ0n) is 14.5. The minimum Gasteiger partial charge on any atom is -0.493 e. The number of hydrogen-bond donors (Lipinski definition) is 2. The van der Waals surface area contributed by atoms with Gasteiger partial charge in [-0.25, -0.2) is 0 Å². The van der Waals surface area contributed by atoms with Crippen LogP contribution >= 0.6 is 12.4 Å². The number of rotatable bonds is 6. The predicted molar refractivity (Wildman–Crippen MR) is 99.0 cm³/mol. The van der Waals surface area contributed by atoms with Gasteiger partial charge in [-0.3, -0.25) is 4.79 Å². The number of carbonyl (C=O) groups is 1. The molecule has 0 saturated carbocycles. The third-order valence-electron chi connectivity index (χ3n) is 4.08. The Hall–Kier alpha value is -1.72. The van der Waals surface area contributed by atoms with Crippen LogP contribution < -0.4 is 20.1 Å². The Bertz CT molecular complexity index is 563. The molecule has 2 unspecified atom stereocenters. The normalized spacial score (nSPS) is 20.3. The highest BCUT2D eigenvalue weighted by Gasteiger charge is 2.22. The SMILES string of the molecule is C/C=C/c1ccc(OCC(=O)NC2CNCCC2C)c(OC)c1.Cl. The van der Waals surface area contributed by atoms with Crippen LogP contribution in [0.15, 0.2) is 24.3 Å². The molecule has 0 radical (unpaired) electrons. The molecule has 1 aromatic rings. The van der Waals surface area contributed by atoms with E-state index >= 15 is 0 Å². The molecular formula is C18H27ClN2O3. The molecule has 1 heterocycles. The van der Waals surface area contributed by atoms with E-state index < -0.39 is 0 Å². The summed E-state index contributed by atoms with van der Waals surface area (Å²) in [5.74, 6) is 1.58. The van der Waals surface area contributed by atoms with Gasteiger partial charge in [0.2, 0.25) is 0 Å². The van der Waals surface area contributed by atoms with Crippen molar-refractivity contribution < 1.29 is 14.3 Å². The standard InChI is InChI=1S/C18H26N2O3.ClH/c1-4-5-14-6-7-16(17(10-14)22-3)23-12-18(21)20-15-11-19-9-8-13(15)2;/h4-7,10,13,15,19H,8-9,11-12H2,1-3H3,(H,20,21);1H/b5-4+;. The third-order valence-corrected chi connectivity index (χ3v) is 4.08. The fraction of sp³-hybridized carbons (Fsp3) is 0.500. The first-order valence-electron chi connectivity index (χ1n) is 8.07. The molecule has 1 amide bonds. The van der Waals surface area contributed by atoms with Crippen molar-refractivity contribution in [2.24, 2.45) is 5.92 Å². The molecule has 2 rings (SSSR count). The van der Waals surface area contributed by atoms with E-state index in [1.54, 1.807) is 7.11 Å². The van der Waals surface area contributed by atoms with Gasteiger partial charge in [0, 0.05) is 12.6 Å². The molecule has 5 nitrogen and oxygen atoms in total. The van der Waals surface area contributed by atoms with Gasteiger partial charge in [0.1, 0.15) is 0 Å². The molecule has 1 aliphatic heterocycles. The molecule has 6 heteroatoms. The van der Waals surface area contributed by atoms with E-state index in [-0.39, 0.29) is 31.0 Å².